The summed E-state index contributed by atoms with van der Waals surface area (Å²) in [6.07, 6.45) is 0.427. The standard InChI is InChI=1S/C15H22N4O2/c1-3-8-16-14(21)10-19-13-7-5-4-6-12(13)18-15(19)17-9-11(2)20/h4-7,11,20H,3,8-10H2,1-2H3,(H,16,21)(H,17,18). The summed E-state index contributed by atoms with van der Waals surface area (Å²) < 4.78 is 1.84. The maximum Gasteiger partial charge on any atom is 0.240 e. The van der Waals surface area contributed by atoms with Crippen LogP contribution in [0, 0.1) is 0 Å². The summed E-state index contributed by atoms with van der Waals surface area (Å²) in [7, 11) is 0. The first-order valence-electron chi connectivity index (χ1n) is 7.25. The normalized spacial score (nSPS) is 12.3. The second-order valence-electron chi connectivity index (χ2n) is 5.09. The van der Waals surface area contributed by atoms with Gasteiger partial charge in [-0.1, -0.05) is 19.1 Å². The molecule has 0 saturated heterocycles. The Hall–Kier alpha value is -2.08. The van der Waals surface area contributed by atoms with Crippen molar-refractivity contribution in [2.24, 2.45) is 0 Å². The highest BCUT2D eigenvalue weighted by Gasteiger charge is 2.13. The number of aliphatic hydroxyl groups excluding tert-OH is 1. The summed E-state index contributed by atoms with van der Waals surface area (Å²) in [5.74, 6) is 0.559. The molecule has 0 bridgehead atoms. The van der Waals surface area contributed by atoms with Gasteiger partial charge in [0.2, 0.25) is 11.9 Å². The van der Waals surface area contributed by atoms with Gasteiger partial charge in [-0.2, -0.15) is 0 Å². The summed E-state index contributed by atoms with van der Waals surface area (Å²) >= 11 is 0. The third-order valence-corrected chi connectivity index (χ3v) is 3.08. The molecule has 1 heterocycles. The van der Waals surface area contributed by atoms with Gasteiger partial charge < -0.3 is 20.3 Å². The maximum absolute atomic E-state index is 12.0. The Balaban J connectivity index is 2.24. The molecule has 3 N–H and O–H groups in total. The van der Waals surface area contributed by atoms with Crippen LogP contribution in [0.5, 0.6) is 0 Å². The number of nitrogens with zero attached hydrogens (tertiary/aromatic N) is 2. The van der Waals surface area contributed by atoms with Crippen LogP contribution in [0.25, 0.3) is 11.0 Å². The quantitative estimate of drug-likeness (QED) is 0.719. The van der Waals surface area contributed by atoms with Gasteiger partial charge in [-0.3, -0.25) is 4.79 Å². The predicted octanol–water partition coefficient (Wildman–Crippen LogP) is 1.36. The van der Waals surface area contributed by atoms with Gasteiger partial charge >= 0.3 is 0 Å². The van der Waals surface area contributed by atoms with Gasteiger partial charge in [-0.15, -0.1) is 0 Å². The fraction of sp³-hybridized carbons (Fsp3) is 0.467. The van der Waals surface area contributed by atoms with Gasteiger partial charge in [0.15, 0.2) is 0 Å². The zero-order valence-electron chi connectivity index (χ0n) is 12.5. The molecule has 6 heteroatoms. The number of nitrogens with one attached hydrogen (secondary N) is 2. The van der Waals surface area contributed by atoms with E-state index in [-0.39, 0.29) is 12.5 Å². The van der Waals surface area contributed by atoms with Crippen LogP contribution in [0.1, 0.15) is 20.3 Å². The largest absolute Gasteiger partial charge is 0.392 e. The van der Waals surface area contributed by atoms with E-state index in [1.54, 1.807) is 6.92 Å². The van der Waals surface area contributed by atoms with Gasteiger partial charge in [-0.25, -0.2) is 4.98 Å². The van der Waals surface area contributed by atoms with E-state index in [1.807, 2.05) is 35.8 Å². The monoisotopic (exact) mass is 290 g/mol. The molecule has 2 aromatic rings. The molecular weight excluding hydrogens is 268 g/mol. The smallest absolute Gasteiger partial charge is 0.240 e. The lowest BCUT2D eigenvalue weighted by atomic mass is 10.3. The van der Waals surface area contributed by atoms with E-state index in [0.717, 1.165) is 17.5 Å². The van der Waals surface area contributed by atoms with Gasteiger partial charge in [0.25, 0.3) is 0 Å². The number of fused-ring (bicyclic) bond motifs is 1. The molecule has 0 aliphatic carbocycles. The number of hydrogen-bond acceptors (Lipinski definition) is 4. The molecule has 6 nitrogen and oxygen atoms in total. The lowest BCUT2D eigenvalue weighted by Crippen LogP contribution is -2.29. The van der Waals surface area contributed by atoms with E-state index in [9.17, 15) is 9.90 Å². The van der Waals surface area contributed by atoms with Crippen molar-refractivity contribution in [2.75, 3.05) is 18.4 Å². The maximum atomic E-state index is 12.0. The molecule has 1 atom stereocenters. The number of carbonyl (C=O) groups excluding carboxylic acids is 1. The molecule has 0 aliphatic rings. The molecule has 0 saturated carbocycles. The highest BCUT2D eigenvalue weighted by molar-refractivity contribution is 5.83. The topological polar surface area (TPSA) is 79.2 Å². The number of para-hydroxylation sites is 2. The van der Waals surface area contributed by atoms with Gasteiger partial charge in [-0.05, 0) is 25.5 Å². The SMILES string of the molecule is CCCNC(=O)Cn1c(NCC(C)O)nc2ccccc21. The van der Waals surface area contributed by atoms with Crippen molar-refractivity contribution in [3.8, 4) is 0 Å². The Bertz CT molecular complexity index is 607. The Morgan fingerprint density at radius 2 is 2.19 bits per heavy atom. The Morgan fingerprint density at radius 3 is 2.90 bits per heavy atom. The van der Waals surface area contributed by atoms with E-state index >= 15 is 0 Å². The van der Waals surface area contributed by atoms with E-state index < -0.39 is 6.10 Å². The zero-order valence-corrected chi connectivity index (χ0v) is 12.5. The van der Waals surface area contributed by atoms with Crippen LogP contribution in [-0.4, -0.2) is 39.8 Å². The van der Waals surface area contributed by atoms with Crippen molar-refractivity contribution in [3.05, 3.63) is 24.3 Å². The van der Waals surface area contributed by atoms with Crippen molar-refractivity contribution in [3.63, 3.8) is 0 Å². The molecule has 0 fully saturated rings. The number of rotatable bonds is 7. The third kappa shape index (κ3) is 3.95. The minimum absolute atomic E-state index is 0.0416. The Morgan fingerprint density at radius 1 is 1.43 bits per heavy atom. The van der Waals surface area contributed by atoms with E-state index in [1.165, 1.54) is 0 Å². The number of benzene rings is 1. The minimum Gasteiger partial charge on any atom is -0.392 e. The molecule has 1 aromatic heterocycles. The Labute approximate surface area is 124 Å². The summed E-state index contributed by atoms with van der Waals surface area (Å²) in [6.45, 7) is 4.99. The Kier molecular flexibility index (Phi) is 5.16. The van der Waals surface area contributed by atoms with E-state index in [4.69, 9.17) is 0 Å². The molecule has 1 amide bonds. The molecule has 1 aromatic carbocycles. The lowest BCUT2D eigenvalue weighted by molar-refractivity contribution is -0.121. The van der Waals surface area contributed by atoms with Crippen LogP contribution >= 0.6 is 0 Å². The molecule has 1 unspecified atom stereocenters. The second kappa shape index (κ2) is 7.08. The number of aliphatic hydroxyl groups is 1. The zero-order chi connectivity index (χ0) is 15.2. The van der Waals surface area contributed by atoms with Crippen molar-refractivity contribution in [1.82, 2.24) is 14.9 Å². The summed E-state index contributed by atoms with van der Waals surface area (Å²) in [5.41, 5.74) is 1.73. The first-order valence-corrected chi connectivity index (χ1v) is 7.25. The lowest BCUT2D eigenvalue weighted by Gasteiger charge is -2.12. The van der Waals surface area contributed by atoms with Crippen molar-refractivity contribution in [1.29, 1.82) is 0 Å². The number of imidazole rings is 1. The van der Waals surface area contributed by atoms with Crippen LogP contribution in [0.2, 0.25) is 0 Å². The summed E-state index contributed by atoms with van der Waals surface area (Å²) in [5, 5.41) is 15.3. The van der Waals surface area contributed by atoms with Crippen molar-refractivity contribution >= 4 is 22.9 Å². The number of hydrogen-bond donors (Lipinski definition) is 3. The highest BCUT2D eigenvalue weighted by atomic mass is 16.3. The van der Waals surface area contributed by atoms with Gasteiger partial charge in [0.1, 0.15) is 6.54 Å². The molecule has 114 valence electrons. The third-order valence-electron chi connectivity index (χ3n) is 3.08. The molecule has 21 heavy (non-hydrogen) atoms. The average Bonchev–Trinajstić information content (AvgIpc) is 2.81. The van der Waals surface area contributed by atoms with E-state index in [0.29, 0.717) is 19.0 Å². The van der Waals surface area contributed by atoms with Crippen LogP contribution in [0.3, 0.4) is 0 Å². The summed E-state index contributed by atoms with van der Waals surface area (Å²) in [6, 6.07) is 7.67. The van der Waals surface area contributed by atoms with Crippen LogP contribution in [0.4, 0.5) is 5.95 Å². The number of aromatic nitrogens is 2. The first-order chi connectivity index (χ1) is 10.1. The van der Waals surface area contributed by atoms with Crippen LogP contribution in [0.15, 0.2) is 24.3 Å². The fourth-order valence-corrected chi connectivity index (χ4v) is 2.07. The van der Waals surface area contributed by atoms with Crippen molar-refractivity contribution < 1.29 is 9.90 Å². The molecule has 2 rings (SSSR count). The van der Waals surface area contributed by atoms with Gasteiger partial charge in [0.05, 0.1) is 17.1 Å². The first kappa shape index (κ1) is 15.3. The number of carbonyl (C=O) groups is 1. The fourth-order valence-electron chi connectivity index (χ4n) is 2.07. The summed E-state index contributed by atoms with van der Waals surface area (Å²) in [4.78, 5) is 16.4. The van der Waals surface area contributed by atoms with Crippen LogP contribution in [-0.2, 0) is 11.3 Å². The van der Waals surface area contributed by atoms with E-state index in [2.05, 4.69) is 15.6 Å². The number of anilines is 1. The van der Waals surface area contributed by atoms with Gasteiger partial charge in [0, 0.05) is 13.1 Å². The predicted molar refractivity (Wildman–Crippen MR) is 83.2 cm³/mol. The molecule has 0 spiro atoms. The highest BCUT2D eigenvalue weighted by Crippen LogP contribution is 2.19. The molecular formula is C15H22N4O2. The minimum atomic E-state index is -0.479. The van der Waals surface area contributed by atoms with Crippen LogP contribution < -0.4 is 10.6 Å². The average molecular weight is 290 g/mol. The number of amides is 1. The molecule has 0 radical (unpaired) electrons. The van der Waals surface area contributed by atoms with Crippen molar-refractivity contribution in [2.45, 2.75) is 32.9 Å². The second-order valence-corrected chi connectivity index (χ2v) is 5.09. The molecule has 0 aliphatic heterocycles.